The van der Waals surface area contributed by atoms with Crippen molar-refractivity contribution in [3.05, 3.63) is 58.0 Å². The molecule has 11 heteroatoms. The van der Waals surface area contributed by atoms with Crippen LogP contribution in [0.3, 0.4) is 0 Å². The Morgan fingerprint density at radius 1 is 1.21 bits per heavy atom. The Balaban J connectivity index is 1.88. The van der Waals surface area contributed by atoms with Crippen LogP contribution >= 0.6 is 0 Å². The predicted octanol–water partition coefficient (Wildman–Crippen LogP) is 3.11. The van der Waals surface area contributed by atoms with E-state index in [1.807, 2.05) is 0 Å². The van der Waals surface area contributed by atoms with E-state index in [1.54, 1.807) is 13.8 Å². The van der Waals surface area contributed by atoms with Crippen LogP contribution in [-0.4, -0.2) is 29.9 Å². The van der Waals surface area contributed by atoms with Crippen molar-refractivity contribution in [2.75, 3.05) is 0 Å². The number of aryl methyl sites for hydroxylation is 1. The molecule has 0 amide bonds. The molecule has 4 aromatic rings. The molecule has 0 aliphatic carbocycles. The van der Waals surface area contributed by atoms with Gasteiger partial charge in [-0.15, -0.1) is 10.2 Å². The van der Waals surface area contributed by atoms with Crippen LogP contribution in [-0.2, 0) is 6.18 Å². The molecule has 1 N–H and O–H groups in total. The fraction of sp³-hybridized carbons (Fsp3) is 0.235. The lowest BCUT2D eigenvalue weighted by Crippen LogP contribution is -2.13. The number of benzene rings is 1. The molecule has 8 nitrogen and oxygen atoms in total. The number of rotatable bonds is 3. The zero-order chi connectivity index (χ0) is 20.1. The number of fused-ring (bicyclic) bond motifs is 1. The van der Waals surface area contributed by atoms with E-state index < -0.39 is 23.3 Å². The summed E-state index contributed by atoms with van der Waals surface area (Å²) in [4.78, 5) is 19.4. The lowest BCUT2D eigenvalue weighted by Gasteiger charge is -2.15. The lowest BCUT2D eigenvalue weighted by molar-refractivity contribution is -0.137. The molecule has 0 bridgehead atoms. The summed E-state index contributed by atoms with van der Waals surface area (Å²) in [5, 5.41) is 11.9. The van der Waals surface area contributed by atoms with Gasteiger partial charge >= 0.3 is 6.18 Å². The Kier molecular flexibility index (Phi) is 4.02. The van der Waals surface area contributed by atoms with Gasteiger partial charge in [0.05, 0.1) is 11.6 Å². The molecular formula is C17H13F3N6O2. The number of nitrogens with zero attached hydrogens (tertiary/aromatic N) is 5. The normalized spacial score (nSPS) is 13.2. The van der Waals surface area contributed by atoms with Crippen molar-refractivity contribution in [2.45, 2.75) is 26.1 Å². The number of nitrogens with one attached hydrogen (secondary N) is 1. The second-order valence-electron chi connectivity index (χ2n) is 6.18. The molecule has 3 aromatic heterocycles. The van der Waals surface area contributed by atoms with Crippen molar-refractivity contribution in [1.82, 2.24) is 29.9 Å². The van der Waals surface area contributed by atoms with Gasteiger partial charge in [-0.25, -0.2) is 9.67 Å². The smallest absolute Gasteiger partial charge is 0.416 e. The van der Waals surface area contributed by atoms with E-state index in [0.717, 1.165) is 18.5 Å². The largest absolute Gasteiger partial charge is 0.422 e. The van der Waals surface area contributed by atoms with Crippen molar-refractivity contribution in [2.24, 2.45) is 0 Å². The van der Waals surface area contributed by atoms with Crippen LogP contribution in [0.2, 0.25) is 0 Å². The Morgan fingerprint density at radius 3 is 2.54 bits per heavy atom. The second kappa shape index (κ2) is 6.29. The molecule has 4 rings (SSSR count). The molecule has 0 aliphatic heterocycles. The second-order valence-corrected chi connectivity index (χ2v) is 6.18. The molecule has 0 unspecified atom stereocenters. The molecule has 0 aliphatic rings. The van der Waals surface area contributed by atoms with Crippen molar-refractivity contribution in [3.8, 4) is 11.6 Å². The van der Waals surface area contributed by atoms with E-state index in [9.17, 15) is 18.0 Å². The number of hydrogen-bond donors (Lipinski definition) is 1. The first kappa shape index (κ1) is 17.9. The Morgan fingerprint density at radius 2 is 1.93 bits per heavy atom. The van der Waals surface area contributed by atoms with Gasteiger partial charge < -0.3 is 9.40 Å². The standard InChI is InChI=1S/C17H13F3N6O2/c1-8(10-3-5-11(6-4-10)17(18,19)20)26-14-12(15(27)23-9(2)22-14)13(25-26)16-24-21-7-28-16/h3-8H,1-2H3,(H,22,23,27)/t8-/m0/s1. The molecule has 144 valence electrons. The van der Waals surface area contributed by atoms with Crippen molar-refractivity contribution in [3.63, 3.8) is 0 Å². The predicted molar refractivity (Wildman–Crippen MR) is 91.4 cm³/mol. The van der Waals surface area contributed by atoms with Crippen LogP contribution in [0.5, 0.6) is 0 Å². The zero-order valence-corrected chi connectivity index (χ0v) is 14.7. The first-order chi connectivity index (χ1) is 13.3. The average molecular weight is 390 g/mol. The maximum atomic E-state index is 12.8. The van der Waals surface area contributed by atoms with Crippen LogP contribution in [0, 0.1) is 6.92 Å². The molecule has 0 saturated carbocycles. The highest BCUT2D eigenvalue weighted by atomic mass is 19.4. The Bertz CT molecular complexity index is 1190. The summed E-state index contributed by atoms with van der Waals surface area (Å²) in [7, 11) is 0. The topological polar surface area (TPSA) is 102 Å². The minimum Gasteiger partial charge on any atom is -0.422 e. The van der Waals surface area contributed by atoms with Crippen molar-refractivity contribution >= 4 is 11.0 Å². The maximum absolute atomic E-state index is 12.8. The zero-order valence-electron chi connectivity index (χ0n) is 14.7. The number of hydrogen-bond acceptors (Lipinski definition) is 6. The third-order valence-electron chi connectivity index (χ3n) is 4.33. The average Bonchev–Trinajstić information content (AvgIpc) is 3.28. The third kappa shape index (κ3) is 2.94. The van der Waals surface area contributed by atoms with Crippen LogP contribution in [0.15, 0.2) is 39.9 Å². The molecule has 1 atom stereocenters. The minimum atomic E-state index is -4.42. The molecule has 0 saturated heterocycles. The highest BCUT2D eigenvalue weighted by Crippen LogP contribution is 2.32. The molecule has 1 aromatic carbocycles. The van der Waals surface area contributed by atoms with Gasteiger partial charge in [-0.05, 0) is 31.5 Å². The number of alkyl halides is 3. The van der Waals surface area contributed by atoms with Crippen molar-refractivity contribution in [1.29, 1.82) is 0 Å². The molecule has 0 radical (unpaired) electrons. The van der Waals surface area contributed by atoms with Gasteiger partial charge in [-0.1, -0.05) is 12.1 Å². The highest BCUT2D eigenvalue weighted by molar-refractivity contribution is 5.88. The van der Waals surface area contributed by atoms with Gasteiger partial charge in [-0.3, -0.25) is 4.79 Å². The van der Waals surface area contributed by atoms with Gasteiger partial charge in [0.1, 0.15) is 11.2 Å². The molecule has 28 heavy (non-hydrogen) atoms. The van der Waals surface area contributed by atoms with E-state index in [4.69, 9.17) is 4.42 Å². The van der Waals surface area contributed by atoms with E-state index in [1.165, 1.54) is 16.8 Å². The van der Waals surface area contributed by atoms with Gasteiger partial charge in [-0.2, -0.15) is 18.3 Å². The molecular weight excluding hydrogens is 377 g/mol. The van der Waals surface area contributed by atoms with Crippen LogP contribution in [0.25, 0.3) is 22.6 Å². The maximum Gasteiger partial charge on any atom is 0.416 e. The monoisotopic (exact) mass is 390 g/mol. The van der Waals surface area contributed by atoms with Gasteiger partial charge in [0.25, 0.3) is 11.4 Å². The first-order valence-electron chi connectivity index (χ1n) is 8.18. The fourth-order valence-corrected chi connectivity index (χ4v) is 2.94. The van der Waals surface area contributed by atoms with E-state index >= 15 is 0 Å². The summed E-state index contributed by atoms with van der Waals surface area (Å²) in [5.74, 6) is 0.412. The Labute approximate surface area is 155 Å². The summed E-state index contributed by atoms with van der Waals surface area (Å²) < 4.78 is 45.1. The van der Waals surface area contributed by atoms with E-state index in [-0.39, 0.29) is 22.6 Å². The quantitative estimate of drug-likeness (QED) is 0.577. The van der Waals surface area contributed by atoms with Gasteiger partial charge in [0.2, 0.25) is 6.39 Å². The summed E-state index contributed by atoms with van der Waals surface area (Å²) in [6.45, 7) is 3.36. The van der Waals surface area contributed by atoms with Gasteiger partial charge in [0, 0.05) is 0 Å². The fourth-order valence-electron chi connectivity index (χ4n) is 2.94. The number of aromatic amines is 1. The number of aromatic nitrogens is 6. The van der Waals surface area contributed by atoms with Crippen molar-refractivity contribution < 1.29 is 17.6 Å². The van der Waals surface area contributed by atoms with E-state index in [2.05, 4.69) is 25.3 Å². The summed E-state index contributed by atoms with van der Waals surface area (Å²) in [6.07, 6.45) is -3.31. The third-order valence-corrected chi connectivity index (χ3v) is 4.33. The van der Waals surface area contributed by atoms with E-state index in [0.29, 0.717) is 11.4 Å². The summed E-state index contributed by atoms with van der Waals surface area (Å²) in [6, 6.07) is 4.24. The summed E-state index contributed by atoms with van der Waals surface area (Å²) >= 11 is 0. The Hall–Kier alpha value is -3.50. The first-order valence-corrected chi connectivity index (χ1v) is 8.18. The van der Waals surface area contributed by atoms with Crippen LogP contribution in [0.1, 0.15) is 29.9 Å². The molecule has 3 heterocycles. The highest BCUT2D eigenvalue weighted by Gasteiger charge is 2.30. The summed E-state index contributed by atoms with van der Waals surface area (Å²) in [5.41, 5.74) is -0.191. The molecule has 0 fully saturated rings. The van der Waals surface area contributed by atoms with Gasteiger partial charge in [0.15, 0.2) is 11.3 Å². The van der Waals surface area contributed by atoms with Crippen LogP contribution in [0.4, 0.5) is 13.2 Å². The number of H-pyrrole nitrogens is 1. The number of halogens is 3. The minimum absolute atomic E-state index is 0.0412. The van der Waals surface area contributed by atoms with Crippen LogP contribution < -0.4 is 5.56 Å². The molecule has 0 spiro atoms. The SMILES string of the molecule is Cc1nc2c(c(-c3nnco3)nn2[C@@H](C)c2ccc(C(F)(F)F)cc2)c(=O)[nH]1. The lowest BCUT2D eigenvalue weighted by atomic mass is 10.1.